The highest BCUT2D eigenvalue weighted by molar-refractivity contribution is 6.00. The summed E-state index contributed by atoms with van der Waals surface area (Å²) in [6.45, 7) is 8.81. The third-order valence-corrected chi connectivity index (χ3v) is 7.54. The predicted octanol–water partition coefficient (Wildman–Crippen LogP) is 6.25. The Kier molecular flexibility index (Phi) is 8.55. The first-order chi connectivity index (χ1) is 21.7. The van der Waals surface area contributed by atoms with Crippen molar-refractivity contribution in [3.8, 4) is 23.0 Å². The molecule has 0 aliphatic carbocycles. The highest BCUT2D eigenvalue weighted by Gasteiger charge is 2.28. The highest BCUT2D eigenvalue weighted by atomic mass is 16.6. The number of rotatable bonds is 8. The summed E-state index contributed by atoms with van der Waals surface area (Å²) in [6.07, 6.45) is 3.41. The van der Waals surface area contributed by atoms with Gasteiger partial charge >= 0.3 is 6.09 Å². The lowest BCUT2D eigenvalue weighted by molar-refractivity contribution is 0.0240. The number of carbonyl (C=O) groups is 1. The number of piperazine rings is 1. The summed E-state index contributed by atoms with van der Waals surface area (Å²) in [6, 6.07) is 23.8. The van der Waals surface area contributed by atoms with E-state index in [1.165, 1.54) is 0 Å². The van der Waals surface area contributed by atoms with Crippen LogP contribution in [0.4, 0.5) is 10.5 Å². The molecule has 1 aliphatic rings. The van der Waals surface area contributed by atoms with Crippen LogP contribution in [-0.4, -0.2) is 62.5 Å². The van der Waals surface area contributed by atoms with E-state index < -0.39 is 5.60 Å². The number of nitrogens with zero attached hydrogens (tertiary/aromatic N) is 6. The van der Waals surface area contributed by atoms with Crippen LogP contribution in [0, 0.1) is 0 Å². The zero-order valence-electron chi connectivity index (χ0n) is 26.1. The molecule has 3 aromatic heterocycles. The van der Waals surface area contributed by atoms with Gasteiger partial charge < -0.3 is 24.0 Å². The summed E-state index contributed by atoms with van der Waals surface area (Å²) in [5, 5.41) is 5.83. The Hall–Kier alpha value is -5.12. The SMILES string of the molecule is Cn1nc(-c2ccc(OCc3ccccc3)nc2OCc2ccccc2)c2cncc(N3CCN(C(=O)OC(C)(C)C)CC3)c21. The molecule has 2 aromatic carbocycles. The van der Waals surface area contributed by atoms with Crippen molar-refractivity contribution in [3.63, 3.8) is 0 Å². The van der Waals surface area contributed by atoms with Gasteiger partial charge in [0.1, 0.15) is 24.5 Å². The number of aryl methyl sites for hydroxylation is 1. The first kappa shape index (κ1) is 29.9. The quantitative estimate of drug-likeness (QED) is 0.205. The Morgan fingerprint density at radius 3 is 2.11 bits per heavy atom. The van der Waals surface area contributed by atoms with Gasteiger partial charge in [0.05, 0.1) is 23.0 Å². The summed E-state index contributed by atoms with van der Waals surface area (Å²) < 4.78 is 19.8. The predicted molar refractivity (Wildman–Crippen MR) is 173 cm³/mol. The molecule has 1 amide bonds. The van der Waals surface area contributed by atoms with Gasteiger partial charge in [0.2, 0.25) is 11.8 Å². The van der Waals surface area contributed by atoms with E-state index in [9.17, 15) is 4.79 Å². The number of hydrogen-bond acceptors (Lipinski definition) is 8. The molecule has 5 aromatic rings. The standard InChI is InChI=1S/C35H38N6O4/c1-35(2,3)45-34(42)41-19-17-40(18-20-41)29-22-36-21-28-31(38-39(4)32(28)29)27-15-16-30(43-23-25-11-7-5-8-12-25)37-33(27)44-24-26-13-9-6-10-14-26/h5-16,21-22H,17-20,23-24H2,1-4H3. The van der Waals surface area contributed by atoms with Gasteiger partial charge in [-0.15, -0.1) is 0 Å². The second kappa shape index (κ2) is 12.9. The average molecular weight is 607 g/mol. The number of amides is 1. The van der Waals surface area contributed by atoms with Crippen molar-refractivity contribution in [1.29, 1.82) is 0 Å². The normalized spacial score (nSPS) is 13.6. The summed E-state index contributed by atoms with van der Waals surface area (Å²) in [5.41, 5.74) is 4.93. The number of hydrogen-bond donors (Lipinski definition) is 0. The number of carbonyl (C=O) groups excluding carboxylic acids is 1. The van der Waals surface area contributed by atoms with E-state index in [0.717, 1.165) is 39.0 Å². The van der Waals surface area contributed by atoms with E-state index >= 15 is 0 Å². The Morgan fingerprint density at radius 2 is 1.47 bits per heavy atom. The number of benzene rings is 2. The van der Waals surface area contributed by atoms with Crippen LogP contribution in [0.2, 0.25) is 0 Å². The largest absolute Gasteiger partial charge is 0.473 e. The minimum atomic E-state index is -0.528. The summed E-state index contributed by atoms with van der Waals surface area (Å²) in [4.78, 5) is 26.0. The second-order valence-corrected chi connectivity index (χ2v) is 12.0. The Labute approximate surface area is 263 Å². The molecule has 10 nitrogen and oxygen atoms in total. The minimum Gasteiger partial charge on any atom is -0.473 e. The Bertz CT molecular complexity index is 1760. The van der Waals surface area contributed by atoms with Crippen molar-refractivity contribution >= 4 is 22.7 Å². The third kappa shape index (κ3) is 7.01. The summed E-state index contributed by atoms with van der Waals surface area (Å²) in [5.74, 6) is 0.897. The fraction of sp³-hybridized carbons (Fsp3) is 0.314. The molecule has 4 heterocycles. The van der Waals surface area contributed by atoms with Crippen molar-refractivity contribution in [3.05, 3.63) is 96.3 Å². The Morgan fingerprint density at radius 1 is 0.822 bits per heavy atom. The van der Waals surface area contributed by atoms with Crippen molar-refractivity contribution in [1.82, 2.24) is 24.6 Å². The van der Waals surface area contributed by atoms with E-state index in [1.54, 1.807) is 4.90 Å². The molecule has 0 atom stereocenters. The molecule has 45 heavy (non-hydrogen) atoms. The molecule has 10 heteroatoms. The average Bonchev–Trinajstić information content (AvgIpc) is 3.39. The molecule has 0 unspecified atom stereocenters. The van der Waals surface area contributed by atoms with Crippen LogP contribution in [0.25, 0.3) is 22.2 Å². The molecule has 1 aliphatic heterocycles. The third-order valence-electron chi connectivity index (χ3n) is 7.54. The lowest BCUT2D eigenvalue weighted by Crippen LogP contribution is -2.50. The molecule has 232 valence electrons. The summed E-state index contributed by atoms with van der Waals surface area (Å²) >= 11 is 0. The number of pyridine rings is 2. The van der Waals surface area contributed by atoms with Crippen LogP contribution < -0.4 is 14.4 Å². The number of ether oxygens (including phenoxy) is 3. The van der Waals surface area contributed by atoms with E-state index in [1.807, 2.05) is 118 Å². The Balaban J connectivity index is 1.29. The van der Waals surface area contributed by atoms with Crippen molar-refractivity contribution in [2.24, 2.45) is 7.05 Å². The topological polar surface area (TPSA) is 94.8 Å². The molecule has 0 radical (unpaired) electrons. The second-order valence-electron chi connectivity index (χ2n) is 12.0. The molecule has 6 rings (SSSR count). The zero-order chi connectivity index (χ0) is 31.4. The van der Waals surface area contributed by atoms with Crippen molar-refractivity contribution in [2.45, 2.75) is 39.6 Å². The van der Waals surface area contributed by atoms with Crippen LogP contribution >= 0.6 is 0 Å². The fourth-order valence-corrected chi connectivity index (χ4v) is 5.35. The first-order valence-corrected chi connectivity index (χ1v) is 15.1. The van der Waals surface area contributed by atoms with Crippen molar-refractivity contribution < 1.29 is 19.0 Å². The smallest absolute Gasteiger partial charge is 0.410 e. The molecule has 0 bridgehead atoms. The van der Waals surface area contributed by atoms with Gasteiger partial charge in [-0.1, -0.05) is 60.7 Å². The zero-order valence-corrected chi connectivity index (χ0v) is 26.1. The monoisotopic (exact) mass is 606 g/mol. The first-order valence-electron chi connectivity index (χ1n) is 15.1. The van der Waals surface area contributed by atoms with Gasteiger partial charge in [-0.2, -0.15) is 10.1 Å². The lowest BCUT2D eigenvalue weighted by atomic mass is 10.1. The molecular formula is C35H38N6O4. The number of aromatic nitrogens is 4. The number of anilines is 1. The summed E-state index contributed by atoms with van der Waals surface area (Å²) in [7, 11) is 1.93. The maximum Gasteiger partial charge on any atom is 0.410 e. The van der Waals surface area contributed by atoms with E-state index in [-0.39, 0.29) is 6.09 Å². The van der Waals surface area contributed by atoms with E-state index in [4.69, 9.17) is 24.3 Å². The minimum absolute atomic E-state index is 0.284. The van der Waals surface area contributed by atoms with Gasteiger partial charge in [0.25, 0.3) is 0 Å². The van der Waals surface area contributed by atoms with Crippen LogP contribution in [0.5, 0.6) is 11.8 Å². The van der Waals surface area contributed by atoms with Crippen LogP contribution in [0.3, 0.4) is 0 Å². The number of fused-ring (bicyclic) bond motifs is 1. The van der Waals surface area contributed by atoms with Gasteiger partial charge in [-0.05, 0) is 38.0 Å². The maximum absolute atomic E-state index is 12.6. The molecule has 1 saturated heterocycles. The van der Waals surface area contributed by atoms with Gasteiger partial charge in [-0.25, -0.2) is 4.79 Å². The molecule has 1 fully saturated rings. The molecular weight excluding hydrogens is 568 g/mol. The molecule has 0 N–H and O–H groups in total. The maximum atomic E-state index is 12.6. The highest BCUT2D eigenvalue weighted by Crippen LogP contribution is 2.38. The molecule has 0 spiro atoms. The fourth-order valence-electron chi connectivity index (χ4n) is 5.35. The van der Waals surface area contributed by atoms with E-state index in [0.29, 0.717) is 51.2 Å². The molecule has 0 saturated carbocycles. The van der Waals surface area contributed by atoms with Crippen molar-refractivity contribution in [2.75, 3.05) is 31.1 Å². The van der Waals surface area contributed by atoms with Crippen LogP contribution in [0.1, 0.15) is 31.9 Å². The van der Waals surface area contributed by atoms with Gasteiger partial charge in [0, 0.05) is 50.9 Å². The van der Waals surface area contributed by atoms with Crippen LogP contribution in [-0.2, 0) is 25.0 Å². The lowest BCUT2D eigenvalue weighted by Gasteiger charge is -2.36. The van der Waals surface area contributed by atoms with Gasteiger partial charge in [-0.3, -0.25) is 9.67 Å². The van der Waals surface area contributed by atoms with E-state index in [2.05, 4.69) is 9.88 Å². The van der Waals surface area contributed by atoms with Crippen LogP contribution in [0.15, 0.2) is 85.2 Å². The van der Waals surface area contributed by atoms with Gasteiger partial charge in [0.15, 0.2) is 0 Å².